The highest BCUT2D eigenvalue weighted by molar-refractivity contribution is 7.89. The normalized spacial score (nSPS) is 15.9. The van der Waals surface area contributed by atoms with Gasteiger partial charge in [0.15, 0.2) is 0 Å². The van der Waals surface area contributed by atoms with Crippen LogP contribution in [0.15, 0.2) is 35.4 Å². The Morgan fingerprint density at radius 2 is 1.84 bits per heavy atom. The van der Waals surface area contributed by atoms with Crippen LogP contribution in [0.25, 0.3) is 0 Å². The SMILES string of the molecule is Cc1c(C(=O)Nc2ccc(S(=O)(=O)N3CCOCC3)cc2)cnn1C. The predicted octanol–water partition coefficient (Wildman–Crippen LogP) is 1.00. The zero-order valence-corrected chi connectivity index (χ0v) is 14.9. The van der Waals surface area contributed by atoms with E-state index in [1.807, 2.05) is 0 Å². The molecule has 2 heterocycles. The van der Waals surface area contributed by atoms with Crippen molar-refractivity contribution in [3.05, 3.63) is 41.7 Å². The predicted molar refractivity (Wildman–Crippen MR) is 91.9 cm³/mol. The number of hydrogen-bond acceptors (Lipinski definition) is 5. The van der Waals surface area contributed by atoms with Crippen molar-refractivity contribution in [2.75, 3.05) is 31.6 Å². The van der Waals surface area contributed by atoms with Gasteiger partial charge in [0.2, 0.25) is 10.0 Å². The summed E-state index contributed by atoms with van der Waals surface area (Å²) < 4.78 is 33.3. The molecular weight excluding hydrogens is 344 g/mol. The molecule has 0 saturated carbocycles. The van der Waals surface area contributed by atoms with Crippen molar-refractivity contribution in [3.63, 3.8) is 0 Å². The summed E-state index contributed by atoms with van der Waals surface area (Å²) in [5, 5.41) is 6.79. The second-order valence-electron chi connectivity index (χ2n) is 5.76. The van der Waals surface area contributed by atoms with Gasteiger partial charge in [-0.2, -0.15) is 9.40 Å². The Hall–Kier alpha value is -2.23. The summed E-state index contributed by atoms with van der Waals surface area (Å²) >= 11 is 0. The van der Waals surface area contributed by atoms with Gasteiger partial charge in [0.1, 0.15) is 0 Å². The van der Waals surface area contributed by atoms with E-state index in [9.17, 15) is 13.2 Å². The van der Waals surface area contributed by atoms with Crippen LogP contribution >= 0.6 is 0 Å². The topological polar surface area (TPSA) is 93.5 Å². The van der Waals surface area contributed by atoms with Gasteiger partial charge in [-0.3, -0.25) is 9.48 Å². The van der Waals surface area contributed by atoms with Gasteiger partial charge in [0.05, 0.1) is 29.9 Å². The summed E-state index contributed by atoms with van der Waals surface area (Å²) in [4.78, 5) is 12.5. The number of aromatic nitrogens is 2. The van der Waals surface area contributed by atoms with Crippen molar-refractivity contribution in [2.45, 2.75) is 11.8 Å². The van der Waals surface area contributed by atoms with Crippen LogP contribution in [0.5, 0.6) is 0 Å². The maximum absolute atomic E-state index is 12.6. The Kier molecular flexibility index (Phi) is 4.89. The molecule has 0 atom stereocenters. The smallest absolute Gasteiger partial charge is 0.259 e. The van der Waals surface area contributed by atoms with Crippen LogP contribution in [0.3, 0.4) is 0 Å². The molecule has 9 heteroatoms. The fourth-order valence-electron chi connectivity index (χ4n) is 2.57. The number of sulfonamides is 1. The first-order valence-electron chi connectivity index (χ1n) is 7.87. The summed E-state index contributed by atoms with van der Waals surface area (Å²) in [6.45, 7) is 3.30. The summed E-state index contributed by atoms with van der Waals surface area (Å²) in [7, 11) is -1.77. The van der Waals surface area contributed by atoms with Crippen LogP contribution in [0.4, 0.5) is 5.69 Å². The van der Waals surface area contributed by atoms with Crippen molar-refractivity contribution >= 4 is 21.6 Å². The standard InChI is InChI=1S/C16H20N4O4S/c1-12-15(11-17-19(12)2)16(21)18-13-3-5-14(6-4-13)25(22,23)20-7-9-24-10-8-20/h3-6,11H,7-10H2,1-2H3,(H,18,21). The number of ether oxygens (including phenoxy) is 1. The van der Waals surface area contributed by atoms with E-state index in [0.717, 1.165) is 5.69 Å². The van der Waals surface area contributed by atoms with E-state index in [1.165, 1.54) is 22.6 Å². The minimum atomic E-state index is -3.54. The summed E-state index contributed by atoms with van der Waals surface area (Å²) in [6, 6.07) is 6.15. The zero-order valence-electron chi connectivity index (χ0n) is 14.1. The number of carbonyl (C=O) groups excluding carboxylic acids is 1. The van der Waals surface area contributed by atoms with Crippen LogP contribution in [0.2, 0.25) is 0 Å². The van der Waals surface area contributed by atoms with Crippen LogP contribution in [-0.4, -0.2) is 54.7 Å². The van der Waals surface area contributed by atoms with E-state index < -0.39 is 10.0 Å². The maximum Gasteiger partial charge on any atom is 0.259 e. The van der Waals surface area contributed by atoms with Crippen LogP contribution in [0.1, 0.15) is 16.1 Å². The third kappa shape index (κ3) is 3.58. The number of benzene rings is 1. The van der Waals surface area contributed by atoms with Gasteiger partial charge < -0.3 is 10.1 Å². The first kappa shape index (κ1) is 17.6. The molecule has 1 N–H and O–H groups in total. The quantitative estimate of drug-likeness (QED) is 0.874. The Morgan fingerprint density at radius 1 is 1.20 bits per heavy atom. The molecule has 1 aliphatic rings. The molecule has 134 valence electrons. The minimum absolute atomic E-state index is 0.199. The molecule has 1 amide bonds. The summed E-state index contributed by atoms with van der Waals surface area (Å²) in [6.07, 6.45) is 1.50. The maximum atomic E-state index is 12.6. The Bertz CT molecular complexity index is 868. The molecule has 8 nitrogen and oxygen atoms in total. The molecule has 0 spiro atoms. The van der Waals surface area contributed by atoms with E-state index in [4.69, 9.17) is 4.74 Å². The molecule has 0 aliphatic carbocycles. The number of amides is 1. The molecule has 1 fully saturated rings. The second kappa shape index (κ2) is 6.95. The first-order chi connectivity index (χ1) is 11.9. The van der Waals surface area contributed by atoms with Gasteiger partial charge in [-0.05, 0) is 31.2 Å². The van der Waals surface area contributed by atoms with Crippen molar-refractivity contribution in [1.29, 1.82) is 0 Å². The molecule has 1 saturated heterocycles. The first-order valence-corrected chi connectivity index (χ1v) is 9.31. The van der Waals surface area contributed by atoms with Crippen molar-refractivity contribution in [1.82, 2.24) is 14.1 Å². The van der Waals surface area contributed by atoms with E-state index in [2.05, 4.69) is 10.4 Å². The van der Waals surface area contributed by atoms with Crippen LogP contribution in [0, 0.1) is 6.92 Å². The van der Waals surface area contributed by atoms with E-state index >= 15 is 0 Å². The fourth-order valence-corrected chi connectivity index (χ4v) is 3.97. The highest BCUT2D eigenvalue weighted by Gasteiger charge is 2.26. The number of nitrogens with one attached hydrogen (secondary N) is 1. The second-order valence-corrected chi connectivity index (χ2v) is 7.70. The lowest BCUT2D eigenvalue weighted by atomic mass is 10.2. The largest absolute Gasteiger partial charge is 0.379 e. The molecule has 25 heavy (non-hydrogen) atoms. The van der Waals surface area contributed by atoms with Crippen molar-refractivity contribution < 1.29 is 17.9 Å². The van der Waals surface area contributed by atoms with E-state index in [0.29, 0.717) is 37.6 Å². The van der Waals surface area contributed by atoms with E-state index in [-0.39, 0.29) is 10.8 Å². The van der Waals surface area contributed by atoms with Crippen LogP contribution < -0.4 is 5.32 Å². The highest BCUT2D eigenvalue weighted by atomic mass is 32.2. The number of carbonyl (C=O) groups is 1. The number of rotatable bonds is 4. The number of morpholine rings is 1. The number of aryl methyl sites for hydroxylation is 1. The zero-order chi connectivity index (χ0) is 18.0. The van der Waals surface area contributed by atoms with Gasteiger partial charge in [0, 0.05) is 31.5 Å². The third-order valence-corrected chi connectivity index (χ3v) is 6.11. The van der Waals surface area contributed by atoms with Gasteiger partial charge in [-0.25, -0.2) is 8.42 Å². The Morgan fingerprint density at radius 3 is 2.40 bits per heavy atom. The third-order valence-electron chi connectivity index (χ3n) is 4.20. The molecule has 0 unspecified atom stereocenters. The average Bonchev–Trinajstić information content (AvgIpc) is 2.95. The molecule has 0 bridgehead atoms. The molecule has 3 rings (SSSR count). The molecule has 1 aliphatic heterocycles. The molecule has 2 aromatic rings. The average molecular weight is 364 g/mol. The number of anilines is 1. The van der Waals surface area contributed by atoms with Crippen molar-refractivity contribution in [3.8, 4) is 0 Å². The summed E-state index contributed by atoms with van der Waals surface area (Å²) in [5.74, 6) is -0.283. The molecule has 1 aromatic heterocycles. The fraction of sp³-hybridized carbons (Fsp3) is 0.375. The highest BCUT2D eigenvalue weighted by Crippen LogP contribution is 2.20. The Balaban J connectivity index is 1.74. The van der Waals surface area contributed by atoms with Crippen LogP contribution in [-0.2, 0) is 21.8 Å². The van der Waals surface area contributed by atoms with E-state index in [1.54, 1.807) is 30.8 Å². The lowest BCUT2D eigenvalue weighted by molar-refractivity contribution is 0.0730. The minimum Gasteiger partial charge on any atom is -0.379 e. The van der Waals surface area contributed by atoms with Crippen molar-refractivity contribution in [2.24, 2.45) is 7.05 Å². The molecular formula is C16H20N4O4S. The van der Waals surface area contributed by atoms with Gasteiger partial charge >= 0.3 is 0 Å². The monoisotopic (exact) mass is 364 g/mol. The number of hydrogen-bond donors (Lipinski definition) is 1. The van der Waals surface area contributed by atoms with Gasteiger partial charge in [0.25, 0.3) is 5.91 Å². The number of nitrogens with zero attached hydrogens (tertiary/aromatic N) is 3. The molecule has 1 aromatic carbocycles. The van der Waals surface area contributed by atoms with Gasteiger partial charge in [-0.1, -0.05) is 0 Å². The lowest BCUT2D eigenvalue weighted by Crippen LogP contribution is -2.40. The lowest BCUT2D eigenvalue weighted by Gasteiger charge is -2.26. The Labute approximate surface area is 146 Å². The van der Waals surface area contributed by atoms with Gasteiger partial charge in [-0.15, -0.1) is 0 Å². The molecule has 0 radical (unpaired) electrons. The summed E-state index contributed by atoms with van der Waals surface area (Å²) in [5.41, 5.74) is 1.76.